The molecule has 0 aliphatic carbocycles. The molecule has 5 nitrogen and oxygen atoms in total. The van der Waals surface area contributed by atoms with Gasteiger partial charge in [-0.05, 0) is 20.3 Å². The lowest BCUT2D eigenvalue weighted by Crippen LogP contribution is -2.38. The van der Waals surface area contributed by atoms with E-state index in [0.29, 0.717) is 6.42 Å². The standard InChI is InChI=1S/C9H19N3O2/c1-4-7(5-8(10)11)12-9(13)14-6(2)3/h6-7H,4-5H2,1-3H3,(H3,10,11)(H,12,13). The molecule has 0 aromatic heterocycles. The van der Waals surface area contributed by atoms with Crippen molar-refractivity contribution in [3.05, 3.63) is 0 Å². The van der Waals surface area contributed by atoms with Crippen LogP contribution in [0.15, 0.2) is 0 Å². The van der Waals surface area contributed by atoms with Crippen molar-refractivity contribution in [1.29, 1.82) is 5.41 Å². The lowest BCUT2D eigenvalue weighted by atomic mass is 10.1. The molecule has 0 aromatic carbocycles. The normalized spacial score (nSPS) is 12.3. The van der Waals surface area contributed by atoms with Crippen LogP contribution in [0, 0.1) is 5.41 Å². The number of alkyl carbamates (subject to hydrolysis) is 1. The number of nitrogens with one attached hydrogen (secondary N) is 2. The SMILES string of the molecule is CCC(CC(=N)N)NC(=O)OC(C)C. The van der Waals surface area contributed by atoms with Gasteiger partial charge in [0.1, 0.15) is 0 Å². The summed E-state index contributed by atoms with van der Waals surface area (Å²) >= 11 is 0. The van der Waals surface area contributed by atoms with E-state index in [1.807, 2.05) is 6.92 Å². The fourth-order valence-corrected chi connectivity index (χ4v) is 0.978. The third-order valence-electron chi connectivity index (χ3n) is 1.62. The number of hydrogen-bond acceptors (Lipinski definition) is 3. The monoisotopic (exact) mass is 201 g/mol. The molecule has 0 aromatic rings. The van der Waals surface area contributed by atoms with Gasteiger partial charge in [-0.2, -0.15) is 0 Å². The molecule has 1 atom stereocenters. The average molecular weight is 201 g/mol. The molecule has 0 saturated carbocycles. The Bertz CT molecular complexity index is 204. The molecule has 0 saturated heterocycles. The second kappa shape index (κ2) is 6.23. The minimum absolute atomic E-state index is 0.0710. The van der Waals surface area contributed by atoms with E-state index >= 15 is 0 Å². The molecule has 1 amide bonds. The van der Waals surface area contributed by atoms with Crippen LogP contribution < -0.4 is 11.1 Å². The third kappa shape index (κ3) is 6.28. The zero-order valence-electron chi connectivity index (χ0n) is 8.96. The Morgan fingerprint density at radius 3 is 2.50 bits per heavy atom. The summed E-state index contributed by atoms with van der Waals surface area (Å²) in [6.07, 6.45) is 0.508. The van der Waals surface area contributed by atoms with E-state index < -0.39 is 6.09 Å². The summed E-state index contributed by atoms with van der Waals surface area (Å²) in [6.45, 7) is 5.49. The van der Waals surface area contributed by atoms with Crippen LogP contribution in [0.5, 0.6) is 0 Å². The van der Waals surface area contributed by atoms with Crippen molar-refractivity contribution >= 4 is 11.9 Å². The molecule has 0 fully saturated rings. The highest BCUT2D eigenvalue weighted by atomic mass is 16.6. The van der Waals surface area contributed by atoms with Gasteiger partial charge < -0.3 is 15.8 Å². The van der Waals surface area contributed by atoms with Crippen LogP contribution in [0.1, 0.15) is 33.6 Å². The zero-order valence-corrected chi connectivity index (χ0v) is 8.96. The largest absolute Gasteiger partial charge is 0.447 e. The van der Waals surface area contributed by atoms with Gasteiger partial charge >= 0.3 is 6.09 Å². The number of amidine groups is 1. The molecule has 82 valence electrons. The van der Waals surface area contributed by atoms with Crippen molar-refractivity contribution in [3.8, 4) is 0 Å². The zero-order chi connectivity index (χ0) is 11.1. The minimum atomic E-state index is -0.451. The smallest absolute Gasteiger partial charge is 0.407 e. The van der Waals surface area contributed by atoms with Gasteiger partial charge in [-0.25, -0.2) is 4.79 Å². The lowest BCUT2D eigenvalue weighted by molar-refractivity contribution is 0.112. The molecule has 5 heteroatoms. The van der Waals surface area contributed by atoms with Crippen molar-refractivity contribution in [2.45, 2.75) is 45.8 Å². The third-order valence-corrected chi connectivity index (χ3v) is 1.62. The number of carbonyl (C=O) groups excluding carboxylic acids is 1. The minimum Gasteiger partial charge on any atom is -0.447 e. The fourth-order valence-electron chi connectivity index (χ4n) is 0.978. The second-order valence-corrected chi connectivity index (χ2v) is 3.43. The molecule has 0 spiro atoms. The van der Waals surface area contributed by atoms with Gasteiger partial charge in [0.25, 0.3) is 0 Å². The fraction of sp³-hybridized carbons (Fsp3) is 0.778. The Morgan fingerprint density at radius 1 is 1.57 bits per heavy atom. The van der Waals surface area contributed by atoms with Gasteiger partial charge in [0.05, 0.1) is 11.9 Å². The van der Waals surface area contributed by atoms with Crippen molar-refractivity contribution in [1.82, 2.24) is 5.32 Å². The molecule has 0 heterocycles. The van der Waals surface area contributed by atoms with Crippen LogP contribution in [0.4, 0.5) is 4.79 Å². The van der Waals surface area contributed by atoms with E-state index in [1.54, 1.807) is 13.8 Å². The molecule has 0 rings (SSSR count). The van der Waals surface area contributed by atoms with Crippen molar-refractivity contribution < 1.29 is 9.53 Å². The summed E-state index contributed by atoms with van der Waals surface area (Å²) in [5, 5.41) is 9.75. The summed E-state index contributed by atoms with van der Waals surface area (Å²) < 4.78 is 4.90. The average Bonchev–Trinajstić information content (AvgIpc) is 2.00. The highest BCUT2D eigenvalue weighted by molar-refractivity contribution is 5.78. The molecule has 0 aliphatic heterocycles. The van der Waals surface area contributed by atoms with E-state index in [4.69, 9.17) is 15.9 Å². The second-order valence-electron chi connectivity index (χ2n) is 3.43. The number of ether oxygens (including phenoxy) is 1. The Kier molecular flexibility index (Phi) is 5.67. The number of nitrogens with two attached hydrogens (primary N) is 1. The van der Waals surface area contributed by atoms with Crippen molar-refractivity contribution in [2.24, 2.45) is 5.73 Å². The van der Waals surface area contributed by atoms with Crippen LogP contribution in [0.2, 0.25) is 0 Å². The van der Waals surface area contributed by atoms with E-state index in [1.165, 1.54) is 0 Å². The van der Waals surface area contributed by atoms with Crippen LogP contribution >= 0.6 is 0 Å². The maximum absolute atomic E-state index is 11.2. The summed E-state index contributed by atoms with van der Waals surface area (Å²) in [7, 11) is 0. The predicted molar refractivity (Wildman–Crippen MR) is 55.4 cm³/mol. The van der Waals surface area contributed by atoms with Gasteiger partial charge in [0, 0.05) is 12.5 Å². The number of amides is 1. The molecule has 4 N–H and O–H groups in total. The van der Waals surface area contributed by atoms with Gasteiger partial charge in [-0.3, -0.25) is 5.41 Å². The highest BCUT2D eigenvalue weighted by Crippen LogP contribution is 1.98. The number of carbonyl (C=O) groups is 1. The first-order chi connectivity index (χ1) is 6.45. The topological polar surface area (TPSA) is 88.2 Å². The van der Waals surface area contributed by atoms with Crippen LogP contribution in [-0.2, 0) is 4.74 Å². The van der Waals surface area contributed by atoms with E-state index in [-0.39, 0.29) is 18.0 Å². The predicted octanol–water partition coefficient (Wildman–Crippen LogP) is 1.23. The number of hydrogen-bond donors (Lipinski definition) is 3. The van der Waals surface area contributed by atoms with Crippen molar-refractivity contribution in [3.63, 3.8) is 0 Å². The molecule has 0 bridgehead atoms. The first kappa shape index (κ1) is 12.7. The maximum atomic E-state index is 11.2. The van der Waals surface area contributed by atoms with Crippen LogP contribution in [0.3, 0.4) is 0 Å². The molecule has 14 heavy (non-hydrogen) atoms. The highest BCUT2D eigenvalue weighted by Gasteiger charge is 2.12. The van der Waals surface area contributed by atoms with Crippen molar-refractivity contribution in [2.75, 3.05) is 0 Å². The van der Waals surface area contributed by atoms with Crippen LogP contribution in [0.25, 0.3) is 0 Å². The summed E-state index contributed by atoms with van der Waals surface area (Å²) in [4.78, 5) is 11.2. The Morgan fingerprint density at radius 2 is 2.14 bits per heavy atom. The quantitative estimate of drug-likeness (QED) is 0.461. The van der Waals surface area contributed by atoms with Gasteiger partial charge in [0.2, 0.25) is 0 Å². The summed E-state index contributed by atoms with van der Waals surface area (Å²) in [5.41, 5.74) is 5.24. The first-order valence-electron chi connectivity index (χ1n) is 4.75. The molecule has 1 unspecified atom stereocenters. The lowest BCUT2D eigenvalue weighted by Gasteiger charge is -2.17. The molecule has 0 radical (unpaired) electrons. The first-order valence-corrected chi connectivity index (χ1v) is 4.75. The Hall–Kier alpha value is -1.26. The van der Waals surface area contributed by atoms with E-state index in [9.17, 15) is 4.79 Å². The summed E-state index contributed by atoms with van der Waals surface area (Å²) in [6, 6.07) is -0.112. The van der Waals surface area contributed by atoms with Crippen LogP contribution in [-0.4, -0.2) is 24.1 Å². The van der Waals surface area contributed by atoms with Gasteiger partial charge in [-0.15, -0.1) is 0 Å². The molecule has 0 aliphatic rings. The Labute approximate surface area is 84.5 Å². The number of rotatable bonds is 5. The summed E-state index contributed by atoms with van der Waals surface area (Å²) in [5.74, 6) is 0.0710. The molecular formula is C9H19N3O2. The van der Waals surface area contributed by atoms with Gasteiger partial charge in [-0.1, -0.05) is 6.92 Å². The van der Waals surface area contributed by atoms with E-state index in [0.717, 1.165) is 6.42 Å². The maximum Gasteiger partial charge on any atom is 0.407 e. The van der Waals surface area contributed by atoms with E-state index in [2.05, 4.69) is 5.32 Å². The van der Waals surface area contributed by atoms with Gasteiger partial charge in [0.15, 0.2) is 0 Å². The Balaban J connectivity index is 3.92. The molecular weight excluding hydrogens is 182 g/mol.